The van der Waals surface area contributed by atoms with E-state index in [9.17, 15) is 14.9 Å². The van der Waals surface area contributed by atoms with Gasteiger partial charge in [-0.1, -0.05) is 24.3 Å². The van der Waals surface area contributed by atoms with Crippen molar-refractivity contribution in [2.75, 3.05) is 18.6 Å². The van der Waals surface area contributed by atoms with Crippen LogP contribution in [-0.2, 0) is 17.8 Å². The first-order valence-electron chi connectivity index (χ1n) is 7.28. The molecule has 1 aliphatic rings. The number of nitro benzene ring substituents is 1. The van der Waals surface area contributed by atoms with Gasteiger partial charge in [-0.3, -0.25) is 14.9 Å². The van der Waals surface area contributed by atoms with Gasteiger partial charge in [-0.25, -0.2) is 0 Å². The number of rotatable bonds is 4. The van der Waals surface area contributed by atoms with Gasteiger partial charge in [0.25, 0.3) is 11.6 Å². The van der Waals surface area contributed by atoms with Crippen molar-refractivity contribution < 1.29 is 14.5 Å². The average Bonchev–Trinajstić information content (AvgIpc) is 2.99. The van der Waals surface area contributed by atoms with Crippen molar-refractivity contribution in [2.24, 2.45) is 0 Å². The number of nitrogens with zero attached hydrogens (tertiary/aromatic N) is 2. The lowest BCUT2D eigenvalue weighted by Gasteiger charge is -2.19. The van der Waals surface area contributed by atoms with Gasteiger partial charge in [-0.2, -0.15) is 0 Å². The Labute approximate surface area is 133 Å². The number of fused-ring (bicyclic) bond motifs is 1. The van der Waals surface area contributed by atoms with Crippen molar-refractivity contribution in [3.05, 3.63) is 69.3 Å². The highest BCUT2D eigenvalue weighted by Gasteiger charge is 2.31. The summed E-state index contributed by atoms with van der Waals surface area (Å²) in [4.78, 5) is 25.2. The molecule has 1 aliphatic heterocycles. The maximum Gasteiger partial charge on any atom is 0.274 e. The lowest BCUT2D eigenvalue weighted by Crippen LogP contribution is -2.29. The van der Waals surface area contributed by atoms with Crippen LogP contribution in [0.25, 0.3) is 0 Å². The second-order valence-electron chi connectivity index (χ2n) is 5.33. The number of nitro groups is 1. The number of methoxy groups -OCH3 is 1. The summed E-state index contributed by atoms with van der Waals surface area (Å²) in [7, 11) is 1.58. The van der Waals surface area contributed by atoms with Gasteiger partial charge in [0.15, 0.2) is 0 Å². The molecule has 0 spiro atoms. The summed E-state index contributed by atoms with van der Waals surface area (Å²) in [5, 5.41) is 11.1. The van der Waals surface area contributed by atoms with Crippen LogP contribution in [0.2, 0.25) is 0 Å². The van der Waals surface area contributed by atoms with E-state index in [-0.39, 0.29) is 11.6 Å². The zero-order chi connectivity index (χ0) is 16.4. The van der Waals surface area contributed by atoms with Crippen molar-refractivity contribution in [1.82, 2.24) is 0 Å². The molecule has 1 heterocycles. The molecule has 0 unspecified atom stereocenters. The first-order chi connectivity index (χ1) is 11.1. The van der Waals surface area contributed by atoms with Gasteiger partial charge in [0.05, 0.1) is 22.8 Å². The van der Waals surface area contributed by atoms with Crippen LogP contribution in [-0.4, -0.2) is 24.5 Å². The number of carbonyl (C=O) groups excluding carboxylic acids is 1. The number of amides is 1. The molecule has 0 N–H and O–H groups in total. The molecule has 2 aromatic carbocycles. The molecule has 2 aromatic rings. The van der Waals surface area contributed by atoms with E-state index in [0.29, 0.717) is 36.4 Å². The summed E-state index contributed by atoms with van der Waals surface area (Å²) in [6.45, 7) is 0.790. The van der Waals surface area contributed by atoms with Gasteiger partial charge in [-0.05, 0) is 24.1 Å². The van der Waals surface area contributed by atoms with E-state index in [1.807, 2.05) is 12.1 Å². The Kier molecular flexibility index (Phi) is 4.08. The fourth-order valence-corrected chi connectivity index (χ4v) is 2.95. The van der Waals surface area contributed by atoms with E-state index in [1.165, 1.54) is 6.07 Å². The summed E-state index contributed by atoms with van der Waals surface area (Å²) in [5.41, 5.74) is 2.68. The number of hydrogen-bond acceptors (Lipinski definition) is 4. The van der Waals surface area contributed by atoms with Gasteiger partial charge in [0.1, 0.15) is 0 Å². The fraction of sp³-hybridized carbons (Fsp3) is 0.235. The van der Waals surface area contributed by atoms with Crippen LogP contribution < -0.4 is 4.90 Å². The fourth-order valence-electron chi connectivity index (χ4n) is 2.95. The van der Waals surface area contributed by atoms with Crippen LogP contribution >= 0.6 is 0 Å². The Morgan fingerprint density at radius 3 is 2.78 bits per heavy atom. The molecule has 0 atom stereocenters. The number of carbonyl (C=O) groups is 1. The third-order valence-electron chi connectivity index (χ3n) is 3.99. The molecule has 0 fully saturated rings. The Bertz CT molecular complexity index is 773. The zero-order valence-electron chi connectivity index (χ0n) is 12.7. The number of ether oxygens (including phenoxy) is 1. The molecule has 23 heavy (non-hydrogen) atoms. The smallest absolute Gasteiger partial charge is 0.274 e. The maximum atomic E-state index is 12.9. The number of anilines is 1. The molecule has 3 rings (SSSR count). The second kappa shape index (κ2) is 6.18. The summed E-state index contributed by atoms with van der Waals surface area (Å²) in [6, 6.07) is 12.1. The third-order valence-corrected chi connectivity index (χ3v) is 3.99. The summed E-state index contributed by atoms with van der Waals surface area (Å²) in [5.74, 6) is -0.156. The lowest BCUT2D eigenvalue weighted by molar-refractivity contribution is -0.385. The molecule has 6 nitrogen and oxygen atoms in total. The highest BCUT2D eigenvalue weighted by molar-refractivity contribution is 6.08. The maximum absolute atomic E-state index is 12.9. The molecule has 1 amide bonds. The zero-order valence-corrected chi connectivity index (χ0v) is 12.7. The van der Waals surface area contributed by atoms with Crippen molar-refractivity contribution in [3.63, 3.8) is 0 Å². The van der Waals surface area contributed by atoms with Gasteiger partial charge in [0.2, 0.25) is 0 Å². The topological polar surface area (TPSA) is 72.7 Å². The van der Waals surface area contributed by atoms with E-state index < -0.39 is 4.92 Å². The second-order valence-corrected chi connectivity index (χ2v) is 5.33. The first kappa shape index (κ1) is 15.2. The monoisotopic (exact) mass is 312 g/mol. The molecule has 0 bridgehead atoms. The van der Waals surface area contributed by atoms with Crippen molar-refractivity contribution in [1.29, 1.82) is 0 Å². The van der Waals surface area contributed by atoms with E-state index >= 15 is 0 Å². The molecule has 0 radical (unpaired) electrons. The van der Waals surface area contributed by atoms with E-state index in [2.05, 4.69) is 0 Å². The molecule has 0 saturated heterocycles. The Morgan fingerprint density at radius 1 is 1.26 bits per heavy atom. The van der Waals surface area contributed by atoms with E-state index in [0.717, 1.165) is 5.56 Å². The SMILES string of the molecule is COCc1ccccc1C(=O)N1CCc2c1cccc2[N+](=O)[O-]. The summed E-state index contributed by atoms with van der Waals surface area (Å²) < 4.78 is 5.14. The van der Waals surface area contributed by atoms with E-state index in [4.69, 9.17) is 4.74 Å². The molecule has 118 valence electrons. The van der Waals surface area contributed by atoms with Crippen LogP contribution in [0, 0.1) is 10.1 Å². The van der Waals surface area contributed by atoms with Crippen molar-refractivity contribution in [2.45, 2.75) is 13.0 Å². The molecule has 0 aromatic heterocycles. The minimum absolute atomic E-state index is 0.0722. The van der Waals surface area contributed by atoms with Crippen molar-refractivity contribution >= 4 is 17.3 Å². The third kappa shape index (κ3) is 2.68. The van der Waals surface area contributed by atoms with Gasteiger partial charge in [0, 0.05) is 25.3 Å². The van der Waals surface area contributed by atoms with Crippen molar-refractivity contribution in [3.8, 4) is 0 Å². The van der Waals surface area contributed by atoms with Crippen LogP contribution in [0.5, 0.6) is 0 Å². The van der Waals surface area contributed by atoms with Crippen LogP contribution in [0.1, 0.15) is 21.5 Å². The molecular formula is C17H16N2O4. The minimum atomic E-state index is -0.397. The highest BCUT2D eigenvalue weighted by Crippen LogP contribution is 2.35. The standard InChI is InChI=1S/C17H16N2O4/c1-23-11-12-5-2-3-6-13(12)17(20)18-10-9-14-15(18)7-4-8-16(14)19(21)22/h2-8H,9-11H2,1H3. The van der Waals surface area contributed by atoms with Gasteiger partial charge in [-0.15, -0.1) is 0 Å². The Hall–Kier alpha value is -2.73. The Morgan fingerprint density at radius 2 is 2.04 bits per heavy atom. The predicted octanol–water partition coefficient (Wildman–Crippen LogP) is 2.94. The van der Waals surface area contributed by atoms with E-state index in [1.54, 1.807) is 36.3 Å². The average molecular weight is 312 g/mol. The number of benzene rings is 2. The normalized spacial score (nSPS) is 13.0. The quantitative estimate of drug-likeness (QED) is 0.642. The molecule has 6 heteroatoms. The summed E-state index contributed by atoms with van der Waals surface area (Å²) in [6.07, 6.45) is 0.491. The van der Waals surface area contributed by atoms with Crippen LogP contribution in [0.3, 0.4) is 0 Å². The largest absolute Gasteiger partial charge is 0.380 e. The van der Waals surface area contributed by atoms with Crippen LogP contribution in [0.4, 0.5) is 11.4 Å². The molecular weight excluding hydrogens is 296 g/mol. The van der Waals surface area contributed by atoms with Gasteiger partial charge >= 0.3 is 0 Å². The molecule has 0 aliphatic carbocycles. The van der Waals surface area contributed by atoms with Crippen LogP contribution in [0.15, 0.2) is 42.5 Å². The number of hydrogen-bond donors (Lipinski definition) is 0. The first-order valence-corrected chi connectivity index (χ1v) is 7.28. The predicted molar refractivity (Wildman–Crippen MR) is 85.6 cm³/mol. The highest BCUT2D eigenvalue weighted by atomic mass is 16.6. The molecule has 0 saturated carbocycles. The summed E-state index contributed by atoms with van der Waals surface area (Å²) >= 11 is 0. The Balaban J connectivity index is 1.99. The van der Waals surface area contributed by atoms with Gasteiger partial charge < -0.3 is 9.64 Å². The lowest BCUT2D eigenvalue weighted by atomic mass is 10.1. The minimum Gasteiger partial charge on any atom is -0.380 e.